The molecule has 0 spiro atoms. The van der Waals surface area contributed by atoms with Crippen LogP contribution < -0.4 is 18.9 Å². The first-order valence-electron chi connectivity index (χ1n) is 19.2. The van der Waals surface area contributed by atoms with E-state index in [1.54, 1.807) is 18.2 Å². The number of hydrogen-bond donors (Lipinski definition) is 2. The molecule has 6 atom stereocenters. The van der Waals surface area contributed by atoms with Crippen molar-refractivity contribution < 1.29 is 43.4 Å². The van der Waals surface area contributed by atoms with Gasteiger partial charge >= 0.3 is 18.9 Å². The number of rotatable bonds is 2. The van der Waals surface area contributed by atoms with E-state index in [9.17, 15) is 19.8 Å². The Morgan fingerprint density at radius 1 is 0.552 bits per heavy atom. The predicted octanol–water partition coefficient (Wildman–Crippen LogP) is 7.77. The Bertz CT molecular complexity index is 2270. The quantitative estimate of drug-likeness (QED) is 0.140. The molecule has 58 heavy (non-hydrogen) atoms. The van der Waals surface area contributed by atoms with Gasteiger partial charge in [-0.05, 0) is 65.4 Å². The van der Waals surface area contributed by atoms with Gasteiger partial charge in [0, 0.05) is 45.1 Å². The van der Waals surface area contributed by atoms with Crippen LogP contribution in [0.2, 0.25) is 0 Å². The van der Waals surface area contributed by atoms with Gasteiger partial charge in [-0.3, -0.25) is 9.59 Å². The normalized spacial score (nSPS) is 25.4. The minimum atomic E-state index is -1.26. The van der Waals surface area contributed by atoms with Gasteiger partial charge in [-0.15, -0.1) is 0 Å². The van der Waals surface area contributed by atoms with Crippen LogP contribution in [-0.2, 0) is 15.9 Å². The average molecular weight is 891 g/mol. The van der Waals surface area contributed by atoms with Crippen LogP contribution in [0.4, 0.5) is 0 Å². The standard InChI is InChI=1S/C26H21BrO2.C14H9BrO2.C6H5.C4H8O.Li/c27-20-15-16-23-24(17-20)26(29,19-11-5-2-6-12-19)22-14-8-7-13-21(22)25(23,28)18-9-3-1-4-10-18;15-8-5-6-11-12(7-8)14(17)10-4-2-1-3-9(10)13(11)16;1-2-4-6-5-3-1;1-2-4-5-3-1;/h1-17,21-22,28-29H;1-7,9-10H;1-5H;1-4H2;/q;;-1;;+1. The molecule has 0 amide bonds. The number of allylic oxidation sites excluding steroid dienone is 6. The van der Waals surface area contributed by atoms with E-state index in [0.29, 0.717) is 11.1 Å². The van der Waals surface area contributed by atoms with E-state index in [0.717, 1.165) is 44.4 Å². The minimum Gasteiger partial charge on any atom is -0.381 e. The van der Waals surface area contributed by atoms with E-state index in [1.807, 2.05) is 158 Å². The molecule has 5 nitrogen and oxygen atoms in total. The largest absolute Gasteiger partial charge is 1.00 e. The van der Waals surface area contributed by atoms with Crippen LogP contribution in [0, 0.1) is 29.7 Å². The van der Waals surface area contributed by atoms with E-state index < -0.39 is 11.2 Å². The Morgan fingerprint density at radius 2 is 1.02 bits per heavy atom. The molecule has 4 aliphatic carbocycles. The molecule has 8 heteroatoms. The van der Waals surface area contributed by atoms with E-state index in [1.165, 1.54) is 12.8 Å². The molecule has 0 bridgehead atoms. The van der Waals surface area contributed by atoms with Crippen LogP contribution in [0.15, 0.2) is 185 Å². The molecule has 0 saturated carbocycles. The maximum Gasteiger partial charge on any atom is 1.00 e. The zero-order valence-electron chi connectivity index (χ0n) is 32.3. The van der Waals surface area contributed by atoms with Crippen molar-refractivity contribution in [2.24, 2.45) is 23.7 Å². The molecular weight excluding hydrogens is 847 g/mol. The molecule has 1 aliphatic heterocycles. The molecule has 1 saturated heterocycles. The first-order valence-corrected chi connectivity index (χ1v) is 20.8. The SMILES string of the molecule is C1CCOC1.O=C1c2ccc(Br)cc2C(=O)C2C=CC=CC12.OC1(c2ccccc2)c2ccc(Br)cc2C(O)(c2ccccc2)C2C=CC=CC21.[Li+].[c-]1ccccc1. The van der Waals surface area contributed by atoms with Crippen LogP contribution >= 0.6 is 31.9 Å². The molecule has 5 aliphatic rings. The smallest absolute Gasteiger partial charge is 0.381 e. The van der Waals surface area contributed by atoms with Crippen molar-refractivity contribution in [3.8, 4) is 0 Å². The molecule has 6 unspecified atom stereocenters. The van der Waals surface area contributed by atoms with Crippen molar-refractivity contribution >= 4 is 43.4 Å². The Hall–Kier alpha value is -4.16. The van der Waals surface area contributed by atoms with E-state index >= 15 is 0 Å². The molecule has 2 N–H and O–H groups in total. The second-order valence-corrected chi connectivity index (χ2v) is 16.2. The average Bonchev–Trinajstić information content (AvgIpc) is 3.87. The van der Waals surface area contributed by atoms with Gasteiger partial charge in [0.2, 0.25) is 0 Å². The van der Waals surface area contributed by atoms with Gasteiger partial charge in [-0.1, -0.05) is 147 Å². The second-order valence-electron chi connectivity index (χ2n) is 14.4. The Labute approximate surface area is 369 Å². The molecule has 0 radical (unpaired) electrons. The van der Waals surface area contributed by atoms with Crippen LogP contribution in [0.1, 0.15) is 55.8 Å². The zero-order chi connectivity index (χ0) is 39.8. The van der Waals surface area contributed by atoms with Gasteiger partial charge in [-0.25, -0.2) is 0 Å². The minimum absolute atomic E-state index is 0. The number of halogens is 2. The van der Waals surface area contributed by atoms with Gasteiger partial charge in [0.1, 0.15) is 11.2 Å². The summed E-state index contributed by atoms with van der Waals surface area (Å²) in [5.41, 5.74) is 1.69. The number of fused-ring (bicyclic) bond motifs is 4. The van der Waals surface area contributed by atoms with Crippen molar-refractivity contribution in [1.29, 1.82) is 0 Å². The van der Waals surface area contributed by atoms with Crippen molar-refractivity contribution in [1.82, 2.24) is 0 Å². The molecule has 10 rings (SSSR count). The molecule has 288 valence electrons. The van der Waals surface area contributed by atoms with Crippen molar-refractivity contribution in [3.05, 3.63) is 224 Å². The van der Waals surface area contributed by atoms with Crippen molar-refractivity contribution in [2.75, 3.05) is 13.2 Å². The fourth-order valence-electron chi connectivity index (χ4n) is 8.26. The first kappa shape index (κ1) is 43.4. The zero-order valence-corrected chi connectivity index (χ0v) is 35.4. The van der Waals surface area contributed by atoms with E-state index in [-0.39, 0.29) is 54.1 Å². The topological polar surface area (TPSA) is 83.8 Å². The number of aliphatic hydroxyl groups is 2. The number of carbonyl (C=O) groups excluding carboxylic acids is 2. The molecule has 1 heterocycles. The summed E-state index contributed by atoms with van der Waals surface area (Å²) < 4.78 is 6.64. The third kappa shape index (κ3) is 8.88. The maximum absolute atomic E-state index is 12.3. The van der Waals surface area contributed by atoms with Gasteiger partial charge in [0.15, 0.2) is 11.6 Å². The Morgan fingerprint density at radius 3 is 1.50 bits per heavy atom. The number of carbonyl (C=O) groups is 2. The van der Waals surface area contributed by atoms with Gasteiger partial charge in [0.05, 0.1) is 11.8 Å². The Balaban J connectivity index is 0.000000163. The fourth-order valence-corrected chi connectivity index (χ4v) is 8.99. The summed E-state index contributed by atoms with van der Waals surface area (Å²) in [5.74, 6) is -1.20. The molecule has 5 aromatic carbocycles. The second kappa shape index (κ2) is 19.7. The third-order valence-corrected chi connectivity index (χ3v) is 12.0. The summed E-state index contributed by atoms with van der Waals surface area (Å²) in [6.07, 6.45) is 17.8. The number of ether oxygens (including phenoxy) is 1. The van der Waals surface area contributed by atoms with Crippen LogP contribution in [0.25, 0.3) is 0 Å². The summed E-state index contributed by atoms with van der Waals surface area (Å²) in [4.78, 5) is 24.5. The van der Waals surface area contributed by atoms with E-state index in [4.69, 9.17) is 4.74 Å². The molecule has 5 aromatic rings. The van der Waals surface area contributed by atoms with Crippen LogP contribution in [0.5, 0.6) is 0 Å². The monoisotopic (exact) mass is 888 g/mol. The molecule has 1 fully saturated rings. The van der Waals surface area contributed by atoms with Gasteiger partial charge in [-0.2, -0.15) is 36.4 Å². The fraction of sp³-hybridized carbons (Fsp3) is 0.200. The summed E-state index contributed by atoms with van der Waals surface area (Å²) in [6, 6.07) is 43.1. The van der Waals surface area contributed by atoms with Gasteiger partial charge in [0.25, 0.3) is 0 Å². The molecule has 0 aromatic heterocycles. The first-order chi connectivity index (χ1) is 27.7. The Kier molecular flexibility index (Phi) is 14.8. The van der Waals surface area contributed by atoms with Crippen LogP contribution in [0.3, 0.4) is 0 Å². The van der Waals surface area contributed by atoms with Crippen molar-refractivity contribution in [2.45, 2.75) is 24.0 Å². The van der Waals surface area contributed by atoms with Crippen LogP contribution in [-0.4, -0.2) is 35.0 Å². The maximum atomic E-state index is 12.3. The van der Waals surface area contributed by atoms with Crippen molar-refractivity contribution in [3.63, 3.8) is 0 Å². The summed E-state index contributed by atoms with van der Waals surface area (Å²) in [5, 5.41) is 24.5. The number of hydrogen-bond acceptors (Lipinski definition) is 5. The number of benzene rings is 5. The summed E-state index contributed by atoms with van der Waals surface area (Å²) >= 11 is 6.90. The van der Waals surface area contributed by atoms with E-state index in [2.05, 4.69) is 37.9 Å². The predicted molar refractivity (Wildman–Crippen MR) is 232 cm³/mol. The molecular formula is C50H43Br2LiO5. The number of ketones is 2. The number of Topliss-reactive ketones (excluding diaryl/α,β-unsaturated/α-hetero) is 2. The van der Waals surface area contributed by atoms with Gasteiger partial charge < -0.3 is 14.9 Å². The summed E-state index contributed by atoms with van der Waals surface area (Å²) in [7, 11) is 0. The third-order valence-electron chi connectivity index (χ3n) is 11.0. The summed E-state index contributed by atoms with van der Waals surface area (Å²) in [6.45, 7) is 2.00.